The van der Waals surface area contributed by atoms with Gasteiger partial charge in [-0.15, -0.1) is 0 Å². The van der Waals surface area contributed by atoms with Gasteiger partial charge in [-0.1, -0.05) is 66.8 Å². The van der Waals surface area contributed by atoms with Gasteiger partial charge in [0.1, 0.15) is 0 Å². The van der Waals surface area contributed by atoms with Crippen molar-refractivity contribution < 1.29 is 4.92 Å². The zero-order valence-corrected chi connectivity index (χ0v) is 22.1. The van der Waals surface area contributed by atoms with Gasteiger partial charge in [-0.25, -0.2) is 0 Å². The first-order valence-corrected chi connectivity index (χ1v) is 13.4. The second-order valence-corrected chi connectivity index (χ2v) is 9.78. The van der Waals surface area contributed by atoms with Crippen LogP contribution >= 0.6 is 12.2 Å². The molecule has 5 rings (SSSR count). The Morgan fingerprint density at radius 2 is 1.05 bits per heavy atom. The van der Waals surface area contributed by atoms with Crippen LogP contribution in [0.4, 0.5) is 17.1 Å². The molecule has 0 spiro atoms. The molecule has 38 heavy (non-hydrogen) atoms. The molecule has 0 aromatic heterocycles. The summed E-state index contributed by atoms with van der Waals surface area (Å²) in [5, 5.41) is 15.7. The van der Waals surface area contributed by atoms with Crippen LogP contribution in [0.1, 0.15) is 0 Å². The van der Waals surface area contributed by atoms with Gasteiger partial charge in [0.25, 0.3) is 0 Å². The van der Waals surface area contributed by atoms with Gasteiger partial charge < -0.3 is 24.9 Å². The van der Waals surface area contributed by atoms with E-state index in [1.54, 1.807) is 0 Å². The Morgan fingerprint density at radius 3 is 1.45 bits per heavy atom. The first kappa shape index (κ1) is 25.5. The van der Waals surface area contributed by atoms with Crippen LogP contribution in [0.3, 0.4) is 0 Å². The van der Waals surface area contributed by atoms with Crippen molar-refractivity contribution in [3.05, 3.63) is 113 Å². The van der Waals surface area contributed by atoms with Gasteiger partial charge in [0.2, 0.25) is 0 Å². The largest absolute Gasteiger partial charge is 0.368 e. The van der Waals surface area contributed by atoms with Gasteiger partial charge in [-0.3, -0.25) is 10.1 Å². The monoisotopic (exact) mass is 528 g/mol. The molecule has 0 aliphatic carbocycles. The lowest BCUT2D eigenvalue weighted by Gasteiger charge is -2.44. The average molecular weight is 529 g/mol. The highest BCUT2D eigenvalue weighted by atomic mass is 32.1. The molecule has 9 heteroatoms. The maximum atomic E-state index is 12.6. The SMILES string of the molecule is O=[N+]([O-])C(C(=S)Nc1ccccc1)=C(N1CCN(c2ccccc2)CC1)N1CCN(c2ccccc2)CC1. The Labute approximate surface area is 228 Å². The lowest BCUT2D eigenvalue weighted by Crippen LogP contribution is -2.54. The Kier molecular flexibility index (Phi) is 8.04. The van der Waals surface area contributed by atoms with Crippen LogP contribution in [0.2, 0.25) is 0 Å². The molecule has 2 fully saturated rings. The van der Waals surface area contributed by atoms with E-state index in [1.807, 2.05) is 66.7 Å². The number of piperazine rings is 2. The van der Waals surface area contributed by atoms with Crippen molar-refractivity contribution in [2.45, 2.75) is 0 Å². The van der Waals surface area contributed by atoms with E-state index in [0.29, 0.717) is 32.0 Å². The minimum absolute atomic E-state index is 0.0369. The normalized spacial score (nSPS) is 15.7. The summed E-state index contributed by atoms with van der Waals surface area (Å²) < 4.78 is 0. The van der Waals surface area contributed by atoms with E-state index in [9.17, 15) is 10.1 Å². The third-order valence-electron chi connectivity index (χ3n) is 7.04. The Hall–Kier alpha value is -4.11. The molecule has 0 amide bonds. The van der Waals surface area contributed by atoms with Crippen LogP contribution in [0, 0.1) is 10.1 Å². The first-order chi connectivity index (χ1) is 18.6. The van der Waals surface area contributed by atoms with Crippen molar-refractivity contribution in [2.75, 3.05) is 67.5 Å². The fourth-order valence-electron chi connectivity index (χ4n) is 5.11. The highest BCUT2D eigenvalue weighted by Gasteiger charge is 2.35. The van der Waals surface area contributed by atoms with Gasteiger partial charge in [-0.05, 0) is 36.4 Å². The average Bonchev–Trinajstić information content (AvgIpc) is 2.97. The van der Waals surface area contributed by atoms with Crippen LogP contribution in [-0.2, 0) is 0 Å². The lowest BCUT2D eigenvalue weighted by molar-refractivity contribution is -0.418. The zero-order valence-electron chi connectivity index (χ0n) is 21.3. The number of hydrogen-bond donors (Lipinski definition) is 1. The number of nitro groups is 1. The maximum Gasteiger partial charge on any atom is 0.343 e. The number of hydrogen-bond acceptors (Lipinski definition) is 7. The number of benzene rings is 3. The molecule has 0 unspecified atom stereocenters. The van der Waals surface area contributed by atoms with Gasteiger partial charge in [0.05, 0.1) is 4.92 Å². The standard InChI is InChI=1S/C29H32N6O2S/c36-35(37)27(28(38)30-24-10-4-1-5-11-24)29(33-20-16-31(17-21-33)25-12-6-2-7-13-25)34-22-18-32(19-23-34)26-14-8-3-9-15-26/h1-15H,16-23H2,(H,30,38). The van der Waals surface area contributed by atoms with E-state index in [1.165, 1.54) is 11.4 Å². The molecule has 3 aromatic carbocycles. The molecule has 2 aliphatic heterocycles. The molecule has 1 N–H and O–H groups in total. The summed E-state index contributed by atoms with van der Waals surface area (Å²) >= 11 is 5.66. The summed E-state index contributed by atoms with van der Waals surface area (Å²) in [4.78, 5) is 21.3. The van der Waals surface area contributed by atoms with Crippen molar-refractivity contribution in [2.24, 2.45) is 0 Å². The molecule has 0 bridgehead atoms. The highest BCUT2D eigenvalue weighted by Crippen LogP contribution is 2.26. The lowest BCUT2D eigenvalue weighted by atomic mass is 10.2. The number of thiocarbonyl (C=S) groups is 1. The Morgan fingerprint density at radius 1 is 0.658 bits per heavy atom. The van der Waals surface area contributed by atoms with Crippen molar-refractivity contribution in [1.29, 1.82) is 0 Å². The predicted molar refractivity (Wildman–Crippen MR) is 157 cm³/mol. The molecule has 3 aromatic rings. The summed E-state index contributed by atoms with van der Waals surface area (Å²) in [7, 11) is 0. The molecule has 196 valence electrons. The van der Waals surface area contributed by atoms with E-state index in [0.717, 1.165) is 31.9 Å². The fourth-order valence-corrected chi connectivity index (χ4v) is 5.39. The minimum atomic E-state index is -0.319. The summed E-state index contributed by atoms with van der Waals surface area (Å²) in [6.45, 7) is 5.82. The molecule has 0 atom stereocenters. The van der Waals surface area contributed by atoms with Crippen LogP contribution in [0.5, 0.6) is 0 Å². The molecular formula is C29H32N6O2S. The van der Waals surface area contributed by atoms with Crippen molar-refractivity contribution in [3.63, 3.8) is 0 Å². The molecule has 0 radical (unpaired) electrons. The number of para-hydroxylation sites is 3. The second kappa shape index (κ2) is 12.0. The molecule has 2 heterocycles. The molecule has 8 nitrogen and oxygen atoms in total. The molecule has 0 saturated carbocycles. The van der Waals surface area contributed by atoms with Crippen LogP contribution < -0.4 is 15.1 Å². The second-order valence-electron chi connectivity index (χ2n) is 9.37. The van der Waals surface area contributed by atoms with Gasteiger partial charge in [0, 0.05) is 69.4 Å². The topological polar surface area (TPSA) is 68.1 Å². The number of nitrogens with one attached hydrogen (secondary N) is 1. The van der Waals surface area contributed by atoms with Crippen LogP contribution in [0.25, 0.3) is 0 Å². The summed E-state index contributed by atoms with van der Waals surface area (Å²) in [5.41, 5.74) is 3.04. The molecule has 2 saturated heterocycles. The van der Waals surface area contributed by atoms with E-state index >= 15 is 0 Å². The van der Waals surface area contributed by atoms with Crippen LogP contribution in [0.15, 0.2) is 103 Å². The fraction of sp³-hybridized carbons (Fsp3) is 0.276. The quantitative estimate of drug-likeness (QED) is 0.208. The summed E-state index contributed by atoms with van der Waals surface area (Å²) in [5.74, 6) is 0.615. The van der Waals surface area contributed by atoms with Crippen molar-refractivity contribution >= 4 is 34.3 Å². The highest BCUT2D eigenvalue weighted by molar-refractivity contribution is 7.81. The van der Waals surface area contributed by atoms with Crippen molar-refractivity contribution in [1.82, 2.24) is 9.80 Å². The number of rotatable bonds is 7. The predicted octanol–water partition coefficient (Wildman–Crippen LogP) is 4.52. The zero-order chi connectivity index (χ0) is 26.3. The molecule has 2 aliphatic rings. The van der Waals surface area contributed by atoms with Gasteiger partial charge in [-0.2, -0.15) is 0 Å². The summed E-state index contributed by atoms with van der Waals surface area (Å²) in [6, 6.07) is 30.0. The van der Waals surface area contributed by atoms with E-state index in [2.05, 4.69) is 49.2 Å². The molecular weight excluding hydrogens is 496 g/mol. The smallest absolute Gasteiger partial charge is 0.343 e. The Bertz CT molecular complexity index is 1190. The summed E-state index contributed by atoms with van der Waals surface area (Å²) in [6.07, 6.45) is 0. The third-order valence-corrected chi connectivity index (χ3v) is 7.34. The number of anilines is 3. The van der Waals surface area contributed by atoms with Gasteiger partial charge >= 0.3 is 5.70 Å². The van der Waals surface area contributed by atoms with E-state index < -0.39 is 0 Å². The number of nitrogens with zero attached hydrogens (tertiary/aromatic N) is 5. The van der Waals surface area contributed by atoms with E-state index in [-0.39, 0.29) is 15.6 Å². The Balaban J connectivity index is 1.41. The van der Waals surface area contributed by atoms with Crippen molar-refractivity contribution in [3.8, 4) is 0 Å². The third kappa shape index (κ3) is 5.89. The van der Waals surface area contributed by atoms with Crippen LogP contribution in [-0.4, -0.2) is 72.1 Å². The van der Waals surface area contributed by atoms with Gasteiger partial charge in [0.15, 0.2) is 10.8 Å². The maximum absolute atomic E-state index is 12.6. The first-order valence-electron chi connectivity index (χ1n) is 12.9. The van der Waals surface area contributed by atoms with E-state index in [4.69, 9.17) is 12.2 Å². The minimum Gasteiger partial charge on any atom is -0.368 e.